The Labute approximate surface area is 105 Å². The molecule has 2 aliphatic carbocycles. The molecule has 2 aliphatic rings. The predicted octanol–water partition coefficient (Wildman–Crippen LogP) is 5.28. The fraction of sp³-hybridized carbons (Fsp3) is 1.00. The number of hydrogen-bond donors (Lipinski definition) is 0. The van der Waals surface area contributed by atoms with E-state index in [1.807, 2.05) is 0 Å². The van der Waals surface area contributed by atoms with Crippen molar-refractivity contribution in [3.8, 4) is 0 Å². The van der Waals surface area contributed by atoms with Crippen LogP contribution in [0, 0.1) is 28.6 Å². The highest BCUT2D eigenvalue weighted by atomic mass is 14.6. The van der Waals surface area contributed by atoms with Crippen LogP contribution in [0.25, 0.3) is 0 Å². The molecule has 0 N–H and O–H groups in total. The van der Waals surface area contributed by atoms with Gasteiger partial charge in [0.1, 0.15) is 0 Å². The lowest BCUT2D eigenvalue weighted by atomic mass is 9.42. The first kappa shape index (κ1) is 9.97. The van der Waals surface area contributed by atoms with Crippen molar-refractivity contribution in [3.05, 3.63) is 0 Å². The first-order chi connectivity index (χ1) is 8.47. The van der Waals surface area contributed by atoms with Crippen LogP contribution in [0.2, 0.25) is 0 Å². The van der Waals surface area contributed by atoms with Crippen molar-refractivity contribution in [2.24, 2.45) is 28.6 Å². The fourth-order valence-electron chi connectivity index (χ4n) is 4.78. The van der Waals surface area contributed by atoms with Gasteiger partial charge in [0.2, 0.25) is 0 Å². The van der Waals surface area contributed by atoms with Gasteiger partial charge in [-0.15, -0.1) is 0 Å². The summed E-state index contributed by atoms with van der Waals surface area (Å²) in [5, 5.41) is 0. The highest BCUT2D eigenvalue weighted by molar-refractivity contribution is 5.06. The van der Waals surface area contributed by atoms with E-state index in [1.165, 1.54) is 32.1 Å². The molecule has 0 radical (unpaired) electrons. The Hall–Kier alpha value is 0. The molecule has 0 unspecified atom stereocenters. The zero-order chi connectivity index (χ0) is 13.4. The van der Waals surface area contributed by atoms with E-state index in [0.29, 0.717) is 19.2 Å². The normalized spacial score (nSPS) is 50.0. The summed E-state index contributed by atoms with van der Waals surface area (Å²) in [6.07, 6.45) is 7.63. The Kier molecular flexibility index (Phi) is 2.51. The van der Waals surface area contributed by atoms with Gasteiger partial charge in [-0.25, -0.2) is 0 Å². The van der Waals surface area contributed by atoms with Crippen molar-refractivity contribution in [2.75, 3.05) is 0 Å². The van der Waals surface area contributed by atoms with Crippen molar-refractivity contribution in [3.63, 3.8) is 0 Å². The third kappa shape index (κ3) is 1.93. The molecule has 0 aromatic rings. The topological polar surface area (TPSA) is 0 Å². The van der Waals surface area contributed by atoms with Gasteiger partial charge in [-0.1, -0.05) is 47.4 Å². The average Bonchev–Trinajstić information content (AvgIpc) is 2.26. The minimum Gasteiger partial charge on any atom is -0.0649 e. The molecule has 16 heavy (non-hydrogen) atoms. The van der Waals surface area contributed by atoms with Crippen LogP contribution in [-0.4, -0.2) is 0 Å². The summed E-state index contributed by atoms with van der Waals surface area (Å²) in [6, 6.07) is 0. The molecule has 0 aromatic carbocycles. The van der Waals surface area contributed by atoms with Crippen LogP contribution in [0.3, 0.4) is 0 Å². The summed E-state index contributed by atoms with van der Waals surface area (Å²) in [4.78, 5) is 0. The van der Waals surface area contributed by atoms with E-state index < -0.39 is 0 Å². The Morgan fingerprint density at radius 1 is 1.31 bits per heavy atom. The van der Waals surface area contributed by atoms with E-state index in [4.69, 9.17) is 2.74 Å². The van der Waals surface area contributed by atoms with Crippen molar-refractivity contribution in [2.45, 2.75) is 73.1 Å². The summed E-state index contributed by atoms with van der Waals surface area (Å²) < 4.78 is 15.3. The second-order valence-corrected chi connectivity index (χ2v) is 7.20. The van der Waals surface area contributed by atoms with Crippen molar-refractivity contribution in [1.29, 1.82) is 0 Å². The Morgan fingerprint density at radius 2 is 2.06 bits per heavy atom. The Bertz CT molecular complexity index is 279. The maximum atomic E-state index is 7.85. The summed E-state index contributed by atoms with van der Waals surface area (Å²) in [7, 11) is 0. The second kappa shape index (κ2) is 4.03. The average molecular weight is 224 g/mol. The molecule has 0 bridgehead atoms. The Balaban J connectivity index is 2.10. The molecule has 94 valence electrons. The minimum atomic E-state index is 0.214. The van der Waals surface area contributed by atoms with Gasteiger partial charge in [0.25, 0.3) is 0 Å². The van der Waals surface area contributed by atoms with Crippen LogP contribution in [-0.2, 0) is 0 Å². The smallest absolute Gasteiger partial charge is 0.0236 e. The van der Waals surface area contributed by atoms with Gasteiger partial charge >= 0.3 is 0 Å². The van der Waals surface area contributed by atoms with Gasteiger partial charge < -0.3 is 0 Å². The standard InChI is InChI=1S/C16H30/c1-6-15(5)10-16(11-15)9-13(4)7-8-14(16)12(2)3/h12-14H,6-11H2,1-5H3/t13-,14+,15?,16?/m1/s1/i1D,5D. The number of hydrogen-bond acceptors (Lipinski definition) is 0. The molecule has 0 aliphatic heterocycles. The molecule has 0 saturated heterocycles. The maximum Gasteiger partial charge on any atom is 0.0236 e. The van der Waals surface area contributed by atoms with Gasteiger partial charge in [-0.2, -0.15) is 0 Å². The molecular weight excluding hydrogens is 192 g/mol. The summed E-state index contributed by atoms with van der Waals surface area (Å²) in [6.45, 7) is 8.23. The highest BCUT2D eigenvalue weighted by Gasteiger charge is 2.56. The van der Waals surface area contributed by atoms with Crippen molar-refractivity contribution < 1.29 is 2.74 Å². The van der Waals surface area contributed by atoms with Gasteiger partial charge in [0, 0.05) is 2.74 Å². The molecule has 1 spiro atoms. The van der Waals surface area contributed by atoms with Crippen LogP contribution < -0.4 is 0 Å². The summed E-state index contributed by atoms with van der Waals surface area (Å²) in [5.74, 6) is 2.54. The molecular formula is C16H30. The van der Waals surface area contributed by atoms with Crippen molar-refractivity contribution in [1.82, 2.24) is 0 Å². The lowest BCUT2D eigenvalue weighted by Crippen LogP contribution is -2.53. The van der Waals surface area contributed by atoms with Crippen LogP contribution in [0.15, 0.2) is 0 Å². The molecule has 0 heteroatoms. The van der Waals surface area contributed by atoms with Gasteiger partial charge in [-0.3, -0.25) is 0 Å². The predicted molar refractivity (Wildman–Crippen MR) is 71.4 cm³/mol. The third-order valence-electron chi connectivity index (χ3n) is 5.30. The van der Waals surface area contributed by atoms with Crippen LogP contribution in [0.1, 0.15) is 75.8 Å². The lowest BCUT2D eigenvalue weighted by molar-refractivity contribution is -0.124. The van der Waals surface area contributed by atoms with Gasteiger partial charge in [-0.05, 0) is 54.3 Å². The summed E-state index contributed by atoms with van der Waals surface area (Å²) >= 11 is 0. The maximum absolute atomic E-state index is 7.85. The summed E-state index contributed by atoms with van der Waals surface area (Å²) in [5.41, 5.74) is 0.758. The second-order valence-electron chi connectivity index (χ2n) is 7.20. The molecule has 2 fully saturated rings. The molecule has 2 atom stereocenters. The van der Waals surface area contributed by atoms with Gasteiger partial charge in [0.05, 0.1) is 0 Å². The van der Waals surface area contributed by atoms with Crippen LogP contribution in [0.4, 0.5) is 0 Å². The van der Waals surface area contributed by atoms with E-state index in [0.717, 1.165) is 24.2 Å². The van der Waals surface area contributed by atoms with E-state index in [2.05, 4.69) is 20.8 Å². The van der Waals surface area contributed by atoms with Crippen molar-refractivity contribution >= 4 is 0 Å². The molecule has 0 heterocycles. The van der Waals surface area contributed by atoms with Gasteiger partial charge in [0.15, 0.2) is 0 Å². The first-order valence-electron chi connectivity index (χ1n) is 8.47. The third-order valence-corrected chi connectivity index (χ3v) is 5.30. The van der Waals surface area contributed by atoms with E-state index in [9.17, 15) is 0 Å². The monoisotopic (exact) mass is 224 g/mol. The largest absolute Gasteiger partial charge is 0.0649 e. The lowest BCUT2D eigenvalue weighted by Gasteiger charge is -2.62. The van der Waals surface area contributed by atoms with E-state index in [-0.39, 0.29) is 5.41 Å². The Morgan fingerprint density at radius 3 is 2.62 bits per heavy atom. The van der Waals surface area contributed by atoms with E-state index >= 15 is 0 Å². The molecule has 0 nitrogen and oxygen atoms in total. The van der Waals surface area contributed by atoms with E-state index in [1.54, 1.807) is 0 Å². The SMILES string of the molecule is [2H]CCC1(C[2H])CC2(C[C@H](C)CC[C@H]2C(C)C)C1. The van der Waals surface area contributed by atoms with Crippen LogP contribution >= 0.6 is 0 Å². The minimum absolute atomic E-state index is 0.214. The van der Waals surface area contributed by atoms with Crippen LogP contribution in [0.5, 0.6) is 0 Å². The molecule has 2 saturated carbocycles. The molecule has 0 aromatic heterocycles. The highest BCUT2D eigenvalue weighted by Crippen LogP contribution is 2.66. The molecule has 0 amide bonds. The fourth-order valence-corrected chi connectivity index (χ4v) is 4.78. The molecule has 2 rings (SSSR count). The zero-order valence-electron chi connectivity index (χ0n) is 13.4. The zero-order valence-corrected chi connectivity index (χ0v) is 11.4. The first-order valence-corrected chi connectivity index (χ1v) is 7.05. The quantitative estimate of drug-likeness (QED) is 0.599. The number of rotatable bonds is 2.